The molecule has 0 aliphatic carbocycles. The van der Waals surface area contributed by atoms with Crippen molar-refractivity contribution in [2.24, 2.45) is 0 Å². The third-order valence-electron chi connectivity index (χ3n) is 4.17. The summed E-state index contributed by atoms with van der Waals surface area (Å²) in [6.45, 7) is 4.15. The van der Waals surface area contributed by atoms with Crippen molar-refractivity contribution in [3.63, 3.8) is 0 Å². The number of benzene rings is 1. The highest BCUT2D eigenvalue weighted by molar-refractivity contribution is 7.89. The molecule has 2 rings (SSSR count). The highest BCUT2D eigenvalue weighted by Gasteiger charge is 2.39. The lowest BCUT2D eigenvalue weighted by Crippen LogP contribution is -2.47. The van der Waals surface area contributed by atoms with Crippen LogP contribution in [-0.2, 0) is 14.8 Å². The highest BCUT2D eigenvalue weighted by Crippen LogP contribution is 2.27. The summed E-state index contributed by atoms with van der Waals surface area (Å²) in [5.41, 5.74) is -0.298. The van der Waals surface area contributed by atoms with E-state index < -0.39 is 21.0 Å². The smallest absolute Gasteiger partial charge is 0.270 e. The Bertz CT molecular complexity index is 753. The Kier molecular flexibility index (Phi) is 7.06. The molecule has 0 bridgehead atoms. The zero-order chi connectivity index (χ0) is 19.2. The Morgan fingerprint density at radius 2 is 2.12 bits per heavy atom. The molecule has 1 aliphatic rings. The lowest BCUT2D eigenvalue weighted by molar-refractivity contribution is -0.385. The summed E-state index contributed by atoms with van der Waals surface area (Å²) in [5, 5.41) is 16.8. The zero-order valence-electron chi connectivity index (χ0n) is 14.7. The van der Waals surface area contributed by atoms with E-state index in [0.717, 1.165) is 23.3 Å². The molecule has 1 unspecified atom stereocenters. The van der Waals surface area contributed by atoms with Gasteiger partial charge in [-0.15, -0.1) is 0 Å². The maximum Gasteiger partial charge on any atom is 0.270 e. The summed E-state index contributed by atoms with van der Waals surface area (Å²) >= 11 is 0. The van der Waals surface area contributed by atoms with Gasteiger partial charge in [0.2, 0.25) is 15.9 Å². The maximum absolute atomic E-state index is 12.9. The van der Waals surface area contributed by atoms with Gasteiger partial charge in [-0.05, 0) is 31.9 Å². The minimum Gasteiger partial charge on any atom is -0.353 e. The number of carbonyl (C=O) groups is 1. The number of nitro groups is 1. The predicted octanol–water partition coefficient (Wildman–Crippen LogP) is 0.864. The van der Waals surface area contributed by atoms with Crippen LogP contribution in [0.25, 0.3) is 0 Å². The molecule has 1 aromatic rings. The minimum absolute atomic E-state index is 0.170. The van der Waals surface area contributed by atoms with Gasteiger partial charge >= 0.3 is 0 Å². The molecule has 2 N–H and O–H groups in total. The molecule has 0 saturated carbocycles. The van der Waals surface area contributed by atoms with E-state index in [1.165, 1.54) is 18.2 Å². The molecule has 1 aromatic carbocycles. The summed E-state index contributed by atoms with van der Waals surface area (Å²) in [6.07, 6.45) is 1.99. The number of nitrogens with zero attached hydrogens (tertiary/aromatic N) is 2. The van der Waals surface area contributed by atoms with Gasteiger partial charge in [-0.1, -0.05) is 13.0 Å². The monoisotopic (exact) mass is 384 g/mol. The van der Waals surface area contributed by atoms with Gasteiger partial charge in [0.15, 0.2) is 0 Å². The zero-order valence-corrected chi connectivity index (χ0v) is 15.5. The van der Waals surface area contributed by atoms with Gasteiger partial charge in [0.25, 0.3) is 5.69 Å². The molecule has 1 atom stereocenters. The summed E-state index contributed by atoms with van der Waals surface area (Å²) in [6, 6.07) is 4.11. The van der Waals surface area contributed by atoms with Crippen LogP contribution in [0.15, 0.2) is 29.2 Å². The number of hydrogen-bond donors (Lipinski definition) is 2. The molecule has 26 heavy (non-hydrogen) atoms. The van der Waals surface area contributed by atoms with E-state index in [4.69, 9.17) is 0 Å². The second-order valence-corrected chi connectivity index (χ2v) is 7.96. The summed E-state index contributed by atoms with van der Waals surface area (Å²) < 4.78 is 26.8. The third kappa shape index (κ3) is 4.77. The number of carbonyl (C=O) groups excluding carboxylic acids is 1. The van der Waals surface area contributed by atoms with Gasteiger partial charge in [-0.25, -0.2) is 8.42 Å². The van der Waals surface area contributed by atoms with Crippen LogP contribution in [0.5, 0.6) is 0 Å². The average molecular weight is 384 g/mol. The summed E-state index contributed by atoms with van der Waals surface area (Å²) in [5.74, 6) is -0.338. The molecular formula is C16H24N4O5S. The Balaban J connectivity index is 2.09. The minimum atomic E-state index is -3.98. The Labute approximate surface area is 153 Å². The molecular weight excluding hydrogens is 360 g/mol. The maximum atomic E-state index is 12.9. The van der Waals surface area contributed by atoms with E-state index in [-0.39, 0.29) is 23.0 Å². The molecule has 1 aliphatic heterocycles. The molecule has 10 heteroatoms. The van der Waals surface area contributed by atoms with Gasteiger partial charge in [0, 0.05) is 31.8 Å². The van der Waals surface area contributed by atoms with E-state index in [1.807, 2.05) is 6.92 Å². The van der Waals surface area contributed by atoms with Crippen molar-refractivity contribution in [1.82, 2.24) is 14.9 Å². The number of nitrogens with one attached hydrogen (secondary N) is 2. The van der Waals surface area contributed by atoms with Gasteiger partial charge in [0.05, 0.1) is 9.82 Å². The Morgan fingerprint density at radius 3 is 2.81 bits per heavy atom. The fourth-order valence-corrected chi connectivity index (χ4v) is 4.57. The van der Waals surface area contributed by atoms with Crippen LogP contribution in [-0.4, -0.2) is 55.8 Å². The molecule has 0 aromatic heterocycles. The molecule has 1 saturated heterocycles. The number of nitro benzene ring substituents is 1. The van der Waals surface area contributed by atoms with Crippen molar-refractivity contribution < 1.29 is 18.1 Å². The number of rotatable bonds is 9. The standard InChI is InChI=1S/C16H24N4O5S/c1-2-8-17-9-10-18-16(21)15-7-4-11-19(15)26(24,25)14-6-3-5-13(12-14)20(22)23/h3,5-6,12,15,17H,2,4,7-11H2,1H3,(H,18,21). The lowest BCUT2D eigenvalue weighted by Gasteiger charge is -2.23. The molecule has 0 radical (unpaired) electrons. The van der Waals surface area contributed by atoms with Crippen LogP contribution in [0.1, 0.15) is 26.2 Å². The van der Waals surface area contributed by atoms with Crippen molar-refractivity contribution >= 4 is 21.6 Å². The summed E-state index contributed by atoms with van der Waals surface area (Å²) in [4.78, 5) is 22.5. The molecule has 1 amide bonds. The highest BCUT2D eigenvalue weighted by atomic mass is 32.2. The van der Waals surface area contributed by atoms with Crippen LogP contribution in [0.4, 0.5) is 5.69 Å². The van der Waals surface area contributed by atoms with E-state index >= 15 is 0 Å². The molecule has 144 valence electrons. The van der Waals surface area contributed by atoms with E-state index in [2.05, 4.69) is 10.6 Å². The molecule has 1 fully saturated rings. The summed E-state index contributed by atoms with van der Waals surface area (Å²) in [7, 11) is -3.98. The van der Waals surface area contributed by atoms with Crippen molar-refractivity contribution in [2.75, 3.05) is 26.2 Å². The Morgan fingerprint density at radius 1 is 1.35 bits per heavy atom. The van der Waals surface area contributed by atoms with E-state index in [1.54, 1.807) is 0 Å². The largest absolute Gasteiger partial charge is 0.353 e. The third-order valence-corrected chi connectivity index (χ3v) is 6.07. The molecule has 1 heterocycles. The van der Waals surface area contributed by atoms with Crippen molar-refractivity contribution in [3.05, 3.63) is 34.4 Å². The van der Waals surface area contributed by atoms with Gasteiger partial charge in [-0.2, -0.15) is 4.31 Å². The van der Waals surface area contributed by atoms with Gasteiger partial charge in [0.1, 0.15) is 6.04 Å². The first-order chi connectivity index (χ1) is 12.4. The van der Waals surface area contributed by atoms with Crippen molar-refractivity contribution in [3.8, 4) is 0 Å². The van der Waals surface area contributed by atoms with Crippen LogP contribution in [0.2, 0.25) is 0 Å². The van der Waals surface area contributed by atoms with Gasteiger partial charge in [-0.3, -0.25) is 14.9 Å². The first-order valence-corrected chi connectivity index (χ1v) is 10.1. The second kappa shape index (κ2) is 9.06. The van der Waals surface area contributed by atoms with E-state index in [9.17, 15) is 23.3 Å². The van der Waals surface area contributed by atoms with Crippen LogP contribution >= 0.6 is 0 Å². The van der Waals surface area contributed by atoms with Crippen molar-refractivity contribution in [1.29, 1.82) is 0 Å². The lowest BCUT2D eigenvalue weighted by atomic mass is 10.2. The topological polar surface area (TPSA) is 122 Å². The Hall–Kier alpha value is -2.04. The fourth-order valence-electron chi connectivity index (χ4n) is 2.88. The first-order valence-electron chi connectivity index (χ1n) is 8.62. The van der Waals surface area contributed by atoms with E-state index in [0.29, 0.717) is 25.9 Å². The van der Waals surface area contributed by atoms with Crippen LogP contribution in [0, 0.1) is 10.1 Å². The fraction of sp³-hybridized carbons (Fsp3) is 0.562. The van der Waals surface area contributed by atoms with Crippen LogP contribution < -0.4 is 10.6 Å². The van der Waals surface area contributed by atoms with Gasteiger partial charge < -0.3 is 10.6 Å². The van der Waals surface area contributed by atoms with Crippen molar-refractivity contribution in [2.45, 2.75) is 37.1 Å². The van der Waals surface area contributed by atoms with Crippen LogP contribution in [0.3, 0.4) is 0 Å². The second-order valence-electron chi connectivity index (χ2n) is 6.07. The normalized spacial score (nSPS) is 18.0. The number of sulfonamides is 1. The predicted molar refractivity (Wildman–Crippen MR) is 96.2 cm³/mol. The first kappa shape index (κ1) is 20.3. The number of non-ortho nitro benzene ring substituents is 1. The molecule has 9 nitrogen and oxygen atoms in total. The number of amides is 1. The quantitative estimate of drug-likeness (QED) is 0.370. The SMILES string of the molecule is CCCNCCNC(=O)C1CCCN1S(=O)(=O)c1cccc([N+](=O)[O-])c1. The number of hydrogen-bond acceptors (Lipinski definition) is 6. The average Bonchev–Trinajstić information content (AvgIpc) is 3.12. The molecule has 0 spiro atoms.